The summed E-state index contributed by atoms with van der Waals surface area (Å²) in [7, 11) is 0. The third kappa shape index (κ3) is 1.71. The topological polar surface area (TPSA) is 103 Å². The van der Waals surface area contributed by atoms with Gasteiger partial charge in [0.1, 0.15) is 0 Å². The molecule has 0 N–H and O–H groups in total. The Labute approximate surface area is 118 Å². The Morgan fingerprint density at radius 1 is 0.905 bits per heavy atom. The molecular formula is C14H8N2O5. The molecule has 1 aliphatic carbocycles. The Bertz CT molecular complexity index is 841. The molecule has 0 amide bonds. The summed E-state index contributed by atoms with van der Waals surface area (Å²) in [5.41, 5.74) is 1.11. The van der Waals surface area contributed by atoms with Crippen LogP contribution in [0, 0.1) is 27.2 Å². The Morgan fingerprint density at radius 2 is 1.62 bits per heavy atom. The van der Waals surface area contributed by atoms with Crippen molar-refractivity contribution in [3.8, 4) is 11.1 Å². The molecule has 104 valence electrons. The first kappa shape index (κ1) is 12.9. The normalized spacial score (nSPS) is 12.0. The van der Waals surface area contributed by atoms with E-state index in [1.54, 1.807) is 6.92 Å². The van der Waals surface area contributed by atoms with Gasteiger partial charge < -0.3 is 0 Å². The number of fused-ring (bicyclic) bond motifs is 3. The zero-order valence-corrected chi connectivity index (χ0v) is 10.8. The van der Waals surface area contributed by atoms with E-state index in [-0.39, 0.29) is 39.4 Å². The number of nitrogens with zero attached hydrogens (tertiary/aromatic N) is 2. The number of nitro benzene ring substituents is 2. The number of benzene rings is 2. The van der Waals surface area contributed by atoms with Crippen LogP contribution in [0.1, 0.15) is 21.5 Å². The van der Waals surface area contributed by atoms with Crippen molar-refractivity contribution in [3.63, 3.8) is 0 Å². The second kappa shape index (κ2) is 4.20. The summed E-state index contributed by atoms with van der Waals surface area (Å²) >= 11 is 0. The molecule has 0 spiro atoms. The standard InChI is InChI=1S/C14H8N2O5/c1-7-2-5-11(16(20)21)13-10-6-8(15(18)19)3-4-9(10)14(17)12(7)13/h2-6H,1H3. The van der Waals surface area contributed by atoms with Gasteiger partial charge in [0.25, 0.3) is 11.4 Å². The largest absolute Gasteiger partial charge is 0.289 e. The summed E-state index contributed by atoms with van der Waals surface area (Å²) in [5.74, 6) is -0.337. The molecule has 0 aliphatic heterocycles. The average Bonchev–Trinajstić information content (AvgIpc) is 2.73. The summed E-state index contributed by atoms with van der Waals surface area (Å²) in [6.45, 7) is 1.68. The van der Waals surface area contributed by atoms with Crippen LogP contribution in [0.2, 0.25) is 0 Å². The van der Waals surface area contributed by atoms with Gasteiger partial charge in [-0.05, 0) is 18.6 Å². The molecule has 7 nitrogen and oxygen atoms in total. The van der Waals surface area contributed by atoms with Crippen LogP contribution in [-0.2, 0) is 0 Å². The van der Waals surface area contributed by atoms with Gasteiger partial charge in [-0.2, -0.15) is 0 Å². The Balaban J connectivity index is 2.41. The lowest BCUT2D eigenvalue weighted by Gasteiger charge is -2.04. The molecule has 2 aromatic rings. The fraction of sp³-hybridized carbons (Fsp3) is 0.0714. The summed E-state index contributed by atoms with van der Waals surface area (Å²) < 4.78 is 0. The molecule has 0 heterocycles. The van der Waals surface area contributed by atoms with Crippen molar-refractivity contribution in [3.05, 3.63) is 67.3 Å². The van der Waals surface area contributed by atoms with Crippen molar-refractivity contribution in [2.24, 2.45) is 0 Å². The van der Waals surface area contributed by atoms with Gasteiger partial charge in [0.05, 0.1) is 15.4 Å². The third-order valence-corrected chi connectivity index (χ3v) is 3.54. The number of rotatable bonds is 2. The van der Waals surface area contributed by atoms with E-state index >= 15 is 0 Å². The third-order valence-electron chi connectivity index (χ3n) is 3.54. The maximum absolute atomic E-state index is 12.4. The van der Waals surface area contributed by atoms with E-state index in [2.05, 4.69) is 0 Å². The Morgan fingerprint density at radius 3 is 2.24 bits per heavy atom. The van der Waals surface area contributed by atoms with Gasteiger partial charge in [0, 0.05) is 34.9 Å². The van der Waals surface area contributed by atoms with Crippen molar-refractivity contribution in [2.45, 2.75) is 6.92 Å². The highest BCUT2D eigenvalue weighted by molar-refractivity contribution is 6.24. The molecule has 2 aromatic carbocycles. The molecule has 0 bridgehead atoms. The second-order valence-electron chi connectivity index (χ2n) is 4.72. The van der Waals surface area contributed by atoms with Crippen LogP contribution in [0.4, 0.5) is 11.4 Å². The zero-order valence-electron chi connectivity index (χ0n) is 10.8. The van der Waals surface area contributed by atoms with Crippen LogP contribution in [-0.4, -0.2) is 15.6 Å². The summed E-state index contributed by atoms with van der Waals surface area (Å²) in [6.07, 6.45) is 0. The first-order chi connectivity index (χ1) is 9.91. The molecule has 0 saturated heterocycles. The average molecular weight is 284 g/mol. The van der Waals surface area contributed by atoms with Crippen LogP contribution in [0.15, 0.2) is 30.3 Å². The van der Waals surface area contributed by atoms with E-state index in [9.17, 15) is 25.0 Å². The minimum Gasteiger partial charge on any atom is -0.289 e. The maximum Gasteiger partial charge on any atom is 0.277 e. The summed E-state index contributed by atoms with van der Waals surface area (Å²) in [5, 5.41) is 22.0. The fourth-order valence-electron chi connectivity index (χ4n) is 2.60. The number of non-ortho nitro benzene ring substituents is 1. The van der Waals surface area contributed by atoms with Crippen molar-refractivity contribution in [1.82, 2.24) is 0 Å². The molecule has 1 aliphatic rings. The van der Waals surface area contributed by atoms with Crippen LogP contribution < -0.4 is 0 Å². The molecular weight excluding hydrogens is 276 g/mol. The Kier molecular flexibility index (Phi) is 2.59. The minimum atomic E-state index is -0.593. The SMILES string of the molecule is Cc1ccc([N+](=O)[O-])c2c1C(=O)c1ccc([N+](=O)[O-])cc1-2. The zero-order chi connectivity index (χ0) is 15.3. The first-order valence-electron chi connectivity index (χ1n) is 6.03. The maximum atomic E-state index is 12.4. The molecule has 0 fully saturated rings. The monoisotopic (exact) mass is 284 g/mol. The lowest BCUT2D eigenvalue weighted by atomic mass is 10.00. The van der Waals surface area contributed by atoms with E-state index in [1.807, 2.05) is 0 Å². The molecule has 21 heavy (non-hydrogen) atoms. The number of carbonyl (C=O) groups excluding carboxylic acids is 1. The van der Waals surface area contributed by atoms with Crippen LogP contribution >= 0.6 is 0 Å². The predicted molar refractivity (Wildman–Crippen MR) is 73.4 cm³/mol. The van der Waals surface area contributed by atoms with Crippen molar-refractivity contribution in [1.29, 1.82) is 0 Å². The van der Waals surface area contributed by atoms with Gasteiger partial charge in [-0.15, -0.1) is 0 Å². The quantitative estimate of drug-likeness (QED) is 0.531. The molecule has 0 atom stereocenters. The van der Waals surface area contributed by atoms with E-state index in [0.717, 1.165) is 0 Å². The highest BCUT2D eigenvalue weighted by Crippen LogP contribution is 2.44. The number of hydrogen-bond donors (Lipinski definition) is 0. The minimum absolute atomic E-state index is 0.170. The smallest absolute Gasteiger partial charge is 0.277 e. The van der Waals surface area contributed by atoms with Gasteiger partial charge in [-0.1, -0.05) is 6.07 Å². The van der Waals surface area contributed by atoms with Crippen LogP contribution in [0.5, 0.6) is 0 Å². The summed E-state index contributed by atoms with van der Waals surface area (Å²) in [4.78, 5) is 33.2. The molecule has 0 aromatic heterocycles. The number of carbonyl (C=O) groups is 1. The van der Waals surface area contributed by atoms with Crippen molar-refractivity contribution >= 4 is 17.2 Å². The second-order valence-corrected chi connectivity index (χ2v) is 4.72. The summed E-state index contributed by atoms with van der Waals surface area (Å²) in [6, 6.07) is 6.61. The number of nitro groups is 2. The molecule has 0 saturated carbocycles. The van der Waals surface area contributed by atoms with Crippen LogP contribution in [0.3, 0.4) is 0 Å². The number of ketones is 1. The van der Waals surface area contributed by atoms with E-state index in [4.69, 9.17) is 0 Å². The van der Waals surface area contributed by atoms with E-state index in [0.29, 0.717) is 5.56 Å². The van der Waals surface area contributed by atoms with Gasteiger partial charge in [0.2, 0.25) is 0 Å². The Hall–Kier alpha value is -3.09. The molecule has 7 heteroatoms. The lowest BCUT2D eigenvalue weighted by Crippen LogP contribution is -1.99. The van der Waals surface area contributed by atoms with E-state index < -0.39 is 9.85 Å². The highest BCUT2D eigenvalue weighted by atomic mass is 16.6. The highest BCUT2D eigenvalue weighted by Gasteiger charge is 2.35. The van der Waals surface area contributed by atoms with Gasteiger partial charge >= 0.3 is 0 Å². The molecule has 0 radical (unpaired) electrons. The van der Waals surface area contributed by atoms with Crippen molar-refractivity contribution < 1.29 is 14.6 Å². The number of aryl methyl sites for hydroxylation is 1. The predicted octanol–water partition coefficient (Wildman–Crippen LogP) is 3.02. The van der Waals surface area contributed by atoms with Crippen molar-refractivity contribution in [2.75, 3.05) is 0 Å². The first-order valence-corrected chi connectivity index (χ1v) is 6.03. The van der Waals surface area contributed by atoms with E-state index in [1.165, 1.54) is 30.3 Å². The van der Waals surface area contributed by atoms with Gasteiger partial charge in [0.15, 0.2) is 5.78 Å². The fourth-order valence-corrected chi connectivity index (χ4v) is 2.60. The number of hydrogen-bond acceptors (Lipinski definition) is 5. The molecule has 0 unspecified atom stereocenters. The van der Waals surface area contributed by atoms with Crippen LogP contribution in [0.25, 0.3) is 11.1 Å². The van der Waals surface area contributed by atoms with Gasteiger partial charge in [-0.25, -0.2) is 0 Å². The molecule has 3 rings (SSSR count). The lowest BCUT2D eigenvalue weighted by molar-refractivity contribution is -0.385. The van der Waals surface area contributed by atoms with Gasteiger partial charge in [-0.3, -0.25) is 25.0 Å².